The lowest BCUT2D eigenvalue weighted by Gasteiger charge is -2.25. The number of hydrogen-bond donors (Lipinski definition) is 1. The van der Waals surface area contributed by atoms with Crippen molar-refractivity contribution in [2.24, 2.45) is 7.05 Å². The Morgan fingerprint density at radius 2 is 1.76 bits per heavy atom. The molecule has 7 heteroatoms. The Balaban J connectivity index is 1.81. The van der Waals surface area contributed by atoms with Gasteiger partial charge in [0.1, 0.15) is 11.5 Å². The van der Waals surface area contributed by atoms with Gasteiger partial charge in [0, 0.05) is 52.1 Å². The van der Waals surface area contributed by atoms with E-state index < -0.39 is 17.7 Å². The lowest BCUT2D eigenvalue weighted by Crippen LogP contribution is -2.29. The number of nitrogens with zero attached hydrogens (tertiary/aromatic N) is 2. The largest absolute Gasteiger partial charge is 0.507 e. The SMILES string of the molecule is COc1cccc(N2C(=O)C(=O)/C(=C(/O)c3cccc(Cl)c3)C2c2cn(C)c3ccccc23)c1. The molecule has 1 saturated heterocycles. The molecule has 0 bridgehead atoms. The normalized spacial score (nSPS) is 17.5. The number of halogens is 1. The minimum absolute atomic E-state index is 0.00596. The van der Waals surface area contributed by atoms with Crippen LogP contribution >= 0.6 is 11.6 Å². The Morgan fingerprint density at radius 1 is 1.00 bits per heavy atom. The molecule has 1 aliphatic rings. The van der Waals surface area contributed by atoms with Crippen molar-refractivity contribution in [2.45, 2.75) is 6.04 Å². The van der Waals surface area contributed by atoms with Crippen LogP contribution < -0.4 is 9.64 Å². The summed E-state index contributed by atoms with van der Waals surface area (Å²) in [5, 5.41) is 12.6. The molecule has 1 atom stereocenters. The summed E-state index contributed by atoms with van der Waals surface area (Å²) in [4.78, 5) is 28.2. The van der Waals surface area contributed by atoms with Gasteiger partial charge in [-0.3, -0.25) is 14.5 Å². The average Bonchev–Trinajstić information content (AvgIpc) is 3.32. The number of rotatable bonds is 4. The molecule has 0 radical (unpaired) electrons. The van der Waals surface area contributed by atoms with Crippen LogP contribution in [0.15, 0.2) is 84.6 Å². The van der Waals surface area contributed by atoms with Gasteiger partial charge in [-0.2, -0.15) is 0 Å². The Kier molecular flexibility index (Phi) is 5.38. The quantitative estimate of drug-likeness (QED) is 0.243. The number of fused-ring (bicyclic) bond motifs is 1. The van der Waals surface area contributed by atoms with Crippen molar-refractivity contribution in [3.8, 4) is 5.75 Å². The number of carbonyl (C=O) groups is 2. The van der Waals surface area contributed by atoms with Crippen molar-refractivity contribution in [1.29, 1.82) is 0 Å². The third-order valence-corrected chi connectivity index (χ3v) is 6.33. The van der Waals surface area contributed by atoms with Crippen LogP contribution in [0.1, 0.15) is 17.2 Å². The molecule has 3 aromatic carbocycles. The van der Waals surface area contributed by atoms with Gasteiger partial charge in [-0.1, -0.05) is 48.0 Å². The fraction of sp³-hybridized carbons (Fsp3) is 0.111. The summed E-state index contributed by atoms with van der Waals surface area (Å²) in [6, 6.07) is 20.4. The van der Waals surface area contributed by atoms with E-state index in [9.17, 15) is 14.7 Å². The minimum atomic E-state index is -0.850. The Morgan fingerprint density at radius 3 is 2.53 bits per heavy atom. The van der Waals surface area contributed by atoms with Crippen molar-refractivity contribution in [3.05, 3.63) is 101 Å². The standard InChI is InChI=1S/C27H21ClN2O4/c1-29-15-21(20-11-3-4-12-22(20)29)24-23(25(31)16-7-5-8-17(28)13-16)26(32)27(33)30(24)18-9-6-10-19(14-18)34-2/h3-15,24,31H,1-2H3/b25-23+. The van der Waals surface area contributed by atoms with Crippen LogP contribution in [0.4, 0.5) is 5.69 Å². The third-order valence-electron chi connectivity index (χ3n) is 6.10. The summed E-state index contributed by atoms with van der Waals surface area (Å²) in [5.41, 5.74) is 2.53. The number of ether oxygens (including phenoxy) is 1. The molecule has 4 aromatic rings. The molecule has 170 valence electrons. The van der Waals surface area contributed by atoms with Crippen molar-refractivity contribution in [1.82, 2.24) is 4.57 Å². The van der Waals surface area contributed by atoms with Gasteiger partial charge >= 0.3 is 0 Å². The van der Waals surface area contributed by atoms with E-state index in [1.54, 1.807) is 48.5 Å². The fourth-order valence-electron chi connectivity index (χ4n) is 4.54. The maximum absolute atomic E-state index is 13.4. The molecule has 1 fully saturated rings. The molecule has 1 amide bonds. The van der Waals surface area contributed by atoms with Gasteiger partial charge in [-0.25, -0.2) is 0 Å². The molecule has 1 N–H and O–H groups in total. The number of carbonyl (C=O) groups excluding carboxylic acids is 2. The van der Waals surface area contributed by atoms with Crippen LogP contribution in [0.2, 0.25) is 5.02 Å². The van der Waals surface area contributed by atoms with Crippen molar-refractivity contribution >= 4 is 45.6 Å². The lowest BCUT2D eigenvalue weighted by molar-refractivity contribution is -0.132. The fourth-order valence-corrected chi connectivity index (χ4v) is 4.73. The zero-order chi connectivity index (χ0) is 24.0. The summed E-state index contributed by atoms with van der Waals surface area (Å²) in [6.07, 6.45) is 1.89. The summed E-state index contributed by atoms with van der Waals surface area (Å²) in [7, 11) is 3.44. The van der Waals surface area contributed by atoms with Gasteiger partial charge in [0.2, 0.25) is 0 Å². The highest BCUT2D eigenvalue weighted by Crippen LogP contribution is 2.45. The number of aromatic nitrogens is 1. The van der Waals surface area contributed by atoms with Crippen molar-refractivity contribution in [2.75, 3.05) is 12.0 Å². The second-order valence-electron chi connectivity index (χ2n) is 8.09. The molecule has 0 spiro atoms. The predicted octanol–water partition coefficient (Wildman–Crippen LogP) is 5.47. The third kappa shape index (κ3) is 3.43. The van der Waals surface area contributed by atoms with Crippen molar-refractivity contribution in [3.63, 3.8) is 0 Å². The van der Waals surface area contributed by atoms with E-state index in [2.05, 4.69) is 0 Å². The van der Waals surface area contributed by atoms with Gasteiger partial charge in [0.05, 0.1) is 18.7 Å². The van der Waals surface area contributed by atoms with Gasteiger partial charge in [0.25, 0.3) is 11.7 Å². The number of amides is 1. The number of hydrogen-bond acceptors (Lipinski definition) is 4. The van der Waals surface area contributed by atoms with Crippen LogP contribution in [0.3, 0.4) is 0 Å². The molecule has 0 saturated carbocycles. The molecule has 34 heavy (non-hydrogen) atoms. The second kappa shape index (κ2) is 8.39. The number of benzene rings is 3. The van der Waals surface area contributed by atoms with E-state index in [-0.39, 0.29) is 11.3 Å². The minimum Gasteiger partial charge on any atom is -0.507 e. The topological polar surface area (TPSA) is 71.8 Å². The molecule has 1 unspecified atom stereocenters. The maximum atomic E-state index is 13.4. The van der Waals surface area contributed by atoms with E-state index in [0.717, 1.165) is 16.5 Å². The van der Waals surface area contributed by atoms with E-state index in [1.165, 1.54) is 12.0 Å². The Labute approximate surface area is 201 Å². The first-order chi connectivity index (χ1) is 16.4. The van der Waals surface area contributed by atoms with E-state index in [0.29, 0.717) is 22.0 Å². The highest BCUT2D eigenvalue weighted by Gasteiger charge is 2.48. The summed E-state index contributed by atoms with van der Waals surface area (Å²) < 4.78 is 7.29. The van der Waals surface area contributed by atoms with Gasteiger partial charge < -0.3 is 14.4 Å². The Bertz CT molecular complexity index is 1490. The summed E-state index contributed by atoms with van der Waals surface area (Å²) in [6.45, 7) is 0. The smallest absolute Gasteiger partial charge is 0.300 e. The van der Waals surface area contributed by atoms with Crippen LogP contribution in [0, 0.1) is 0 Å². The molecule has 1 aliphatic heterocycles. The van der Waals surface area contributed by atoms with Crippen molar-refractivity contribution < 1.29 is 19.4 Å². The average molecular weight is 473 g/mol. The van der Waals surface area contributed by atoms with Crippen LogP contribution in [-0.4, -0.2) is 28.5 Å². The summed E-state index contributed by atoms with van der Waals surface area (Å²) in [5.74, 6) is -1.22. The monoisotopic (exact) mass is 472 g/mol. The van der Waals surface area contributed by atoms with Crippen LogP contribution in [-0.2, 0) is 16.6 Å². The van der Waals surface area contributed by atoms with Crippen LogP contribution in [0.5, 0.6) is 5.75 Å². The highest BCUT2D eigenvalue weighted by atomic mass is 35.5. The number of methoxy groups -OCH3 is 1. The van der Waals surface area contributed by atoms with Gasteiger partial charge in [-0.15, -0.1) is 0 Å². The number of aliphatic hydroxyl groups excluding tert-OH is 1. The first-order valence-corrected chi connectivity index (χ1v) is 11.0. The Hall–Kier alpha value is -4.03. The molecular weight excluding hydrogens is 452 g/mol. The number of anilines is 1. The van der Waals surface area contributed by atoms with Crippen LogP contribution in [0.25, 0.3) is 16.7 Å². The number of aryl methyl sites for hydroxylation is 1. The lowest BCUT2D eigenvalue weighted by atomic mass is 9.94. The molecule has 2 heterocycles. The number of para-hydroxylation sites is 1. The summed E-state index contributed by atoms with van der Waals surface area (Å²) >= 11 is 6.14. The maximum Gasteiger partial charge on any atom is 0.300 e. The molecule has 0 aliphatic carbocycles. The number of Topliss-reactive ketones (excluding diaryl/α,β-unsaturated/α-hetero) is 1. The predicted molar refractivity (Wildman–Crippen MR) is 132 cm³/mol. The van der Waals surface area contributed by atoms with Gasteiger partial charge in [0.15, 0.2) is 0 Å². The van der Waals surface area contributed by atoms with Gasteiger partial charge in [-0.05, 0) is 30.3 Å². The second-order valence-corrected chi connectivity index (χ2v) is 8.53. The first kappa shape index (κ1) is 21.8. The zero-order valence-corrected chi connectivity index (χ0v) is 19.3. The number of ketones is 1. The van der Waals surface area contributed by atoms with E-state index in [4.69, 9.17) is 16.3 Å². The van der Waals surface area contributed by atoms with E-state index >= 15 is 0 Å². The highest BCUT2D eigenvalue weighted by molar-refractivity contribution is 6.52. The molecule has 6 nitrogen and oxygen atoms in total. The first-order valence-electron chi connectivity index (χ1n) is 10.7. The molecule has 5 rings (SSSR count). The molecular formula is C27H21ClN2O4. The molecule has 1 aromatic heterocycles. The number of aliphatic hydroxyl groups is 1. The van der Waals surface area contributed by atoms with E-state index in [1.807, 2.05) is 42.1 Å². The zero-order valence-electron chi connectivity index (χ0n) is 18.5.